The number of aromatic nitrogens is 2. The monoisotopic (exact) mass is 392 g/mol. The van der Waals surface area contributed by atoms with Crippen LogP contribution in [0, 0.1) is 0 Å². The fourth-order valence-corrected chi connectivity index (χ4v) is 3.39. The molecule has 9 nitrogen and oxygen atoms in total. The molecule has 1 aromatic heterocycles. The number of piperidine rings is 1. The van der Waals surface area contributed by atoms with E-state index in [9.17, 15) is 27.5 Å². The lowest BCUT2D eigenvalue weighted by Gasteiger charge is -2.42. The zero-order chi connectivity index (χ0) is 19.3. The molecule has 4 heterocycles. The third kappa shape index (κ3) is 3.19. The van der Waals surface area contributed by atoms with Crippen molar-refractivity contribution < 1.29 is 31.9 Å². The van der Waals surface area contributed by atoms with Crippen LogP contribution >= 0.6 is 0 Å². The Hall–Kier alpha value is -2.44. The Morgan fingerprint density at radius 1 is 1.30 bits per heavy atom. The number of likely N-dealkylation sites (tertiary alicyclic amines) is 1. The topological polar surface area (TPSA) is 98.3 Å². The summed E-state index contributed by atoms with van der Waals surface area (Å²) in [5, 5.41) is 22.0. The van der Waals surface area contributed by atoms with Crippen molar-refractivity contribution in [3.63, 3.8) is 0 Å². The first-order valence-corrected chi connectivity index (χ1v) is 8.37. The number of nitrogens with zero attached hydrogens (tertiary/aromatic N) is 6. The van der Waals surface area contributed by atoms with Gasteiger partial charge in [-0.15, -0.1) is 10.2 Å². The molecule has 148 valence electrons. The van der Waals surface area contributed by atoms with Crippen LogP contribution in [-0.4, -0.2) is 73.5 Å². The van der Waals surface area contributed by atoms with E-state index in [2.05, 4.69) is 19.7 Å². The van der Waals surface area contributed by atoms with E-state index in [-0.39, 0.29) is 31.4 Å². The Morgan fingerprint density at radius 3 is 2.67 bits per heavy atom. The van der Waals surface area contributed by atoms with Crippen molar-refractivity contribution in [1.82, 2.24) is 25.0 Å². The molecule has 0 aromatic carbocycles. The molecule has 1 N–H and O–H groups in total. The van der Waals surface area contributed by atoms with Crippen LogP contribution < -0.4 is 0 Å². The van der Waals surface area contributed by atoms with Crippen molar-refractivity contribution in [2.75, 3.05) is 13.1 Å². The minimum Gasteiger partial charge on any atom is -0.415 e. The molecule has 13 heteroatoms. The summed E-state index contributed by atoms with van der Waals surface area (Å²) in [6, 6.07) is -0.696. The van der Waals surface area contributed by atoms with E-state index in [4.69, 9.17) is 0 Å². The Bertz CT molecular complexity index is 762. The number of hydrogen-bond acceptors (Lipinski definition) is 8. The number of aliphatic hydroxyl groups is 1. The van der Waals surface area contributed by atoms with Crippen molar-refractivity contribution in [1.29, 1.82) is 0 Å². The molecule has 0 aliphatic carbocycles. The van der Waals surface area contributed by atoms with Gasteiger partial charge in [0.2, 0.25) is 18.1 Å². The van der Waals surface area contributed by atoms with E-state index >= 15 is 0 Å². The van der Waals surface area contributed by atoms with Gasteiger partial charge in [0, 0.05) is 6.42 Å². The number of hydrazone groups is 1. The molecular formula is C14H16F4N6O3. The highest BCUT2D eigenvalue weighted by atomic mass is 19.4. The second kappa shape index (κ2) is 6.32. The minimum absolute atomic E-state index is 0.0255. The second-order valence-corrected chi connectivity index (χ2v) is 6.61. The highest BCUT2D eigenvalue weighted by molar-refractivity contribution is 5.92. The van der Waals surface area contributed by atoms with E-state index in [0.717, 1.165) is 5.01 Å². The van der Waals surface area contributed by atoms with Gasteiger partial charge in [0.15, 0.2) is 0 Å². The molecule has 4 rings (SSSR count). The van der Waals surface area contributed by atoms with Crippen molar-refractivity contribution in [3.8, 4) is 0 Å². The summed E-state index contributed by atoms with van der Waals surface area (Å²) < 4.78 is 55.3. The van der Waals surface area contributed by atoms with Gasteiger partial charge in [0.25, 0.3) is 0 Å². The zero-order valence-corrected chi connectivity index (χ0v) is 13.9. The maximum Gasteiger partial charge on any atom is 0.470 e. The Morgan fingerprint density at radius 2 is 2.04 bits per heavy atom. The average molecular weight is 392 g/mol. The quantitative estimate of drug-likeness (QED) is 0.750. The molecule has 3 aliphatic rings. The number of carbonyl (C=O) groups excluding carboxylic acids is 1. The molecule has 0 saturated carbocycles. The van der Waals surface area contributed by atoms with Crippen LogP contribution in [0.25, 0.3) is 0 Å². The number of amides is 1. The van der Waals surface area contributed by atoms with Gasteiger partial charge in [-0.3, -0.25) is 4.79 Å². The molecule has 1 unspecified atom stereocenters. The summed E-state index contributed by atoms with van der Waals surface area (Å²) in [6.07, 6.45) is -5.54. The minimum atomic E-state index is -4.76. The van der Waals surface area contributed by atoms with E-state index in [1.807, 2.05) is 0 Å². The Kier molecular flexibility index (Phi) is 4.20. The highest BCUT2D eigenvalue weighted by Crippen LogP contribution is 2.32. The number of hydrogen-bond donors (Lipinski definition) is 1. The maximum absolute atomic E-state index is 13.0. The summed E-state index contributed by atoms with van der Waals surface area (Å²) in [5.74, 6) is -1.70. The van der Waals surface area contributed by atoms with Crippen LogP contribution in [0.15, 0.2) is 9.52 Å². The van der Waals surface area contributed by atoms with Crippen LogP contribution in [0.4, 0.5) is 17.6 Å². The van der Waals surface area contributed by atoms with Crippen LogP contribution in [0.1, 0.15) is 31.0 Å². The summed E-state index contributed by atoms with van der Waals surface area (Å²) in [5.41, 5.74) is 0. The van der Waals surface area contributed by atoms with Crippen LogP contribution in [0.2, 0.25) is 0 Å². The highest BCUT2D eigenvalue weighted by Gasteiger charge is 2.46. The predicted molar refractivity (Wildman–Crippen MR) is 79.2 cm³/mol. The first-order chi connectivity index (χ1) is 12.7. The number of aliphatic hydroxyl groups excluding tert-OH is 1. The lowest BCUT2D eigenvalue weighted by molar-refractivity contribution is -0.158. The molecule has 27 heavy (non-hydrogen) atoms. The molecule has 0 radical (unpaired) electrons. The van der Waals surface area contributed by atoms with E-state index in [1.54, 1.807) is 0 Å². The lowest BCUT2D eigenvalue weighted by Crippen LogP contribution is -2.61. The molecular weight excluding hydrogens is 376 g/mol. The van der Waals surface area contributed by atoms with Gasteiger partial charge in [-0.25, -0.2) is 9.40 Å². The molecule has 3 aliphatic heterocycles. The largest absolute Gasteiger partial charge is 0.470 e. The summed E-state index contributed by atoms with van der Waals surface area (Å²) in [7, 11) is 0. The summed E-state index contributed by atoms with van der Waals surface area (Å²) in [6.45, 7) is -0.295. The third-order valence-corrected chi connectivity index (χ3v) is 4.71. The maximum atomic E-state index is 13.0. The molecule has 1 amide bonds. The first-order valence-electron chi connectivity index (χ1n) is 8.37. The van der Waals surface area contributed by atoms with Gasteiger partial charge < -0.3 is 19.3 Å². The molecule has 0 spiro atoms. The normalized spacial score (nSPS) is 26.1. The lowest BCUT2D eigenvalue weighted by atomic mass is 9.99. The van der Waals surface area contributed by atoms with Crippen molar-refractivity contribution in [3.05, 3.63) is 11.8 Å². The van der Waals surface area contributed by atoms with Crippen molar-refractivity contribution >= 4 is 11.7 Å². The number of alkyl halides is 4. The summed E-state index contributed by atoms with van der Waals surface area (Å²) >= 11 is 0. The van der Waals surface area contributed by atoms with Gasteiger partial charge in [-0.05, 0) is 12.8 Å². The molecule has 2 saturated heterocycles. The van der Waals surface area contributed by atoms with Crippen LogP contribution in [-0.2, 0) is 17.5 Å². The number of fused-ring (bicyclic) bond motifs is 1. The fraction of sp³-hybridized carbons (Fsp3) is 0.714. The van der Waals surface area contributed by atoms with Gasteiger partial charge in [0.1, 0.15) is 24.6 Å². The predicted octanol–water partition coefficient (Wildman–Crippen LogP) is 0.528. The Labute approximate surface area is 150 Å². The molecule has 0 bridgehead atoms. The number of halogens is 4. The first kappa shape index (κ1) is 17.9. The standard InChI is InChI=1S/C14H16F4N6O3/c15-7-4-22(5-7)11(25)8-2-1-3-9-21-23(13(26)24(8)9)6-10-19-20-12(27-10)14(16,17)18/h7-8,13,26H,1-6H2/t8-,13?/m0/s1. The molecule has 2 fully saturated rings. The molecule has 1 aromatic rings. The second-order valence-electron chi connectivity index (χ2n) is 6.61. The van der Waals surface area contributed by atoms with E-state index in [1.165, 1.54) is 9.80 Å². The number of carbonyl (C=O) groups is 1. The number of amidine groups is 1. The van der Waals surface area contributed by atoms with E-state index in [0.29, 0.717) is 25.1 Å². The SMILES string of the molecule is O=C([C@@H]1CCCC2=NN(Cc3nnc(C(F)(F)F)o3)C(O)N21)N1CC(F)C1. The van der Waals surface area contributed by atoms with Gasteiger partial charge in [0.05, 0.1) is 13.1 Å². The van der Waals surface area contributed by atoms with Gasteiger partial charge in [-0.2, -0.15) is 18.3 Å². The average Bonchev–Trinajstić information content (AvgIpc) is 3.17. The van der Waals surface area contributed by atoms with Crippen LogP contribution in [0.3, 0.4) is 0 Å². The van der Waals surface area contributed by atoms with Crippen molar-refractivity contribution in [2.24, 2.45) is 5.10 Å². The smallest absolute Gasteiger partial charge is 0.415 e. The van der Waals surface area contributed by atoms with Crippen molar-refractivity contribution in [2.45, 2.75) is 50.5 Å². The zero-order valence-electron chi connectivity index (χ0n) is 13.9. The van der Waals surface area contributed by atoms with Crippen LogP contribution in [0.5, 0.6) is 0 Å². The van der Waals surface area contributed by atoms with E-state index < -0.39 is 30.6 Å². The summed E-state index contributed by atoms with van der Waals surface area (Å²) in [4.78, 5) is 15.4. The fourth-order valence-electron chi connectivity index (χ4n) is 3.39. The molecule has 2 atom stereocenters. The Balaban J connectivity index is 1.47. The van der Waals surface area contributed by atoms with Gasteiger partial charge in [-0.1, -0.05) is 0 Å². The number of rotatable bonds is 3. The van der Waals surface area contributed by atoms with Gasteiger partial charge >= 0.3 is 12.1 Å². The third-order valence-electron chi connectivity index (χ3n) is 4.71.